The number of rotatable bonds is 12. The lowest BCUT2D eigenvalue weighted by atomic mass is 9.98. The van der Waals surface area contributed by atoms with Gasteiger partial charge < -0.3 is 54.0 Å². The van der Waals surface area contributed by atoms with Gasteiger partial charge in [0.15, 0.2) is 23.4 Å². The number of hydrogen-bond donors (Lipinski definition) is 6. The third kappa shape index (κ3) is 8.81. The molecule has 14 nitrogen and oxygen atoms in total. The summed E-state index contributed by atoms with van der Waals surface area (Å²) in [5, 5.41) is 62.1. The number of phenolic OH excluding ortho intramolecular Hbond substituents is 4. The van der Waals surface area contributed by atoms with E-state index < -0.39 is 100 Å². The van der Waals surface area contributed by atoms with Crippen molar-refractivity contribution in [2.24, 2.45) is 0 Å². The fraction of sp³-hybridized carbons (Fsp3) is 0.275. The summed E-state index contributed by atoms with van der Waals surface area (Å²) in [6.07, 6.45) is -8.84. The lowest BCUT2D eigenvalue weighted by Crippen LogP contribution is -2.62. The predicted octanol–water partition coefficient (Wildman–Crippen LogP) is 4.28. The average Bonchev–Trinajstić information content (AvgIpc) is 3.15. The Morgan fingerprint density at radius 3 is 2.02 bits per heavy atom. The van der Waals surface area contributed by atoms with Gasteiger partial charge in [-0.2, -0.15) is 0 Å². The smallest absolute Gasteiger partial charge is 0.306 e. The van der Waals surface area contributed by atoms with Crippen molar-refractivity contribution < 1.29 is 68.0 Å². The minimum atomic E-state index is -1.90. The van der Waals surface area contributed by atoms with E-state index in [2.05, 4.69) is 0 Å². The van der Waals surface area contributed by atoms with Gasteiger partial charge in [-0.1, -0.05) is 42.0 Å². The van der Waals surface area contributed by atoms with E-state index in [4.69, 9.17) is 23.4 Å². The zero-order valence-electron chi connectivity index (χ0n) is 29.3. The highest BCUT2D eigenvalue weighted by Gasteiger charge is 2.51. The molecule has 5 atom stereocenters. The fourth-order valence-corrected chi connectivity index (χ4v) is 6.06. The predicted molar refractivity (Wildman–Crippen MR) is 191 cm³/mol. The van der Waals surface area contributed by atoms with Crippen LogP contribution in [0.2, 0.25) is 0 Å². The number of carbonyl (C=O) groups excluding carboxylic acids is 2. The number of halogens is 1. The molecule has 55 heavy (non-hydrogen) atoms. The first-order valence-corrected chi connectivity index (χ1v) is 17.2. The molecule has 6 rings (SSSR count). The highest BCUT2D eigenvalue weighted by molar-refractivity contribution is 5.88. The van der Waals surface area contributed by atoms with Crippen molar-refractivity contribution in [2.45, 2.75) is 63.3 Å². The second kappa shape index (κ2) is 16.5. The molecule has 2 heterocycles. The molecule has 1 aliphatic heterocycles. The lowest BCUT2D eigenvalue weighted by Gasteiger charge is -2.42. The third-order valence-corrected chi connectivity index (χ3v) is 8.99. The first-order valence-electron chi connectivity index (χ1n) is 17.2. The first kappa shape index (κ1) is 38.6. The van der Waals surface area contributed by atoms with Crippen LogP contribution in [0.1, 0.15) is 29.5 Å². The van der Waals surface area contributed by atoms with Crippen molar-refractivity contribution in [1.29, 1.82) is 0 Å². The van der Waals surface area contributed by atoms with Gasteiger partial charge in [0.25, 0.3) is 0 Å². The van der Waals surface area contributed by atoms with E-state index in [1.165, 1.54) is 30.3 Å². The normalized spacial score (nSPS) is 19.5. The van der Waals surface area contributed by atoms with Gasteiger partial charge in [-0.15, -0.1) is 0 Å². The Hall–Kier alpha value is -6.16. The van der Waals surface area contributed by atoms with Crippen molar-refractivity contribution in [1.82, 2.24) is 0 Å². The number of aliphatic hydroxyl groups excluding tert-OH is 2. The quantitative estimate of drug-likeness (QED) is 0.0772. The number of esters is 2. The molecule has 6 N–H and O–H groups in total. The summed E-state index contributed by atoms with van der Waals surface area (Å²) < 4.78 is 42.7. The summed E-state index contributed by atoms with van der Waals surface area (Å²) in [6, 6.07) is 18.1. The lowest BCUT2D eigenvalue weighted by molar-refractivity contribution is -0.286. The Bertz CT molecular complexity index is 2230. The van der Waals surface area contributed by atoms with E-state index in [0.717, 1.165) is 35.4 Å². The number of hydrogen-bond acceptors (Lipinski definition) is 14. The molecule has 0 saturated carbocycles. The van der Waals surface area contributed by atoms with Crippen molar-refractivity contribution in [2.75, 3.05) is 6.61 Å². The van der Waals surface area contributed by atoms with Crippen LogP contribution in [0.3, 0.4) is 0 Å². The number of aromatic hydroxyl groups is 4. The highest BCUT2D eigenvalue weighted by Crippen LogP contribution is 2.40. The summed E-state index contributed by atoms with van der Waals surface area (Å²) >= 11 is 0. The average molecular weight is 761 g/mol. The molecule has 2 unspecified atom stereocenters. The zero-order chi connectivity index (χ0) is 39.4. The third-order valence-electron chi connectivity index (χ3n) is 8.99. The largest absolute Gasteiger partial charge is 0.508 e. The monoisotopic (exact) mass is 760 g/mol. The van der Waals surface area contributed by atoms with Crippen molar-refractivity contribution in [3.63, 3.8) is 0 Å². The molecule has 0 bridgehead atoms. The second-order valence-corrected chi connectivity index (χ2v) is 13.0. The number of phenols is 4. The van der Waals surface area contributed by atoms with Gasteiger partial charge in [0.2, 0.25) is 23.6 Å². The number of benzene rings is 4. The molecule has 0 aliphatic carbocycles. The minimum absolute atomic E-state index is 0.0444. The first-order chi connectivity index (χ1) is 26.3. The summed E-state index contributed by atoms with van der Waals surface area (Å²) in [5.74, 6) is -5.58. The molecular formula is C40H37FO14. The van der Waals surface area contributed by atoms with Crippen molar-refractivity contribution in [3.05, 3.63) is 112 Å². The summed E-state index contributed by atoms with van der Waals surface area (Å²) in [5.41, 5.74) is 1.03. The zero-order valence-corrected chi connectivity index (χ0v) is 29.3. The van der Waals surface area contributed by atoms with Crippen LogP contribution in [0.4, 0.5) is 4.39 Å². The minimum Gasteiger partial charge on any atom is -0.508 e. The Balaban J connectivity index is 1.39. The van der Waals surface area contributed by atoms with E-state index in [9.17, 15) is 49.4 Å². The van der Waals surface area contributed by atoms with Gasteiger partial charge in [-0.05, 0) is 61.2 Å². The van der Waals surface area contributed by atoms with Gasteiger partial charge in [-0.3, -0.25) is 14.4 Å². The van der Waals surface area contributed by atoms with E-state index in [-0.39, 0.29) is 36.8 Å². The van der Waals surface area contributed by atoms with Gasteiger partial charge in [0.05, 0.1) is 6.61 Å². The van der Waals surface area contributed by atoms with Crippen LogP contribution in [0, 0.1) is 12.7 Å². The Morgan fingerprint density at radius 1 is 0.782 bits per heavy atom. The van der Waals surface area contributed by atoms with Crippen molar-refractivity contribution in [3.8, 4) is 40.1 Å². The summed E-state index contributed by atoms with van der Waals surface area (Å²) in [4.78, 5) is 40.8. The maximum absolute atomic E-state index is 14.1. The molecule has 1 aliphatic rings. The molecule has 0 amide bonds. The van der Waals surface area contributed by atoms with Crippen LogP contribution < -0.4 is 10.2 Å². The maximum atomic E-state index is 14.1. The molecule has 1 saturated heterocycles. The number of fused-ring (bicyclic) bond motifs is 1. The molecule has 5 aromatic rings. The van der Waals surface area contributed by atoms with E-state index >= 15 is 0 Å². The maximum Gasteiger partial charge on any atom is 0.306 e. The molecular weight excluding hydrogens is 723 g/mol. The number of aliphatic hydroxyl groups is 2. The topological polar surface area (TPSA) is 223 Å². The highest BCUT2D eigenvalue weighted by atomic mass is 19.1. The summed E-state index contributed by atoms with van der Waals surface area (Å²) in [6.45, 7) is 1.05. The van der Waals surface area contributed by atoms with E-state index in [0.29, 0.717) is 5.56 Å². The van der Waals surface area contributed by atoms with Gasteiger partial charge in [0.1, 0.15) is 40.5 Å². The fourth-order valence-electron chi connectivity index (χ4n) is 6.06. The van der Waals surface area contributed by atoms with E-state index in [1.54, 1.807) is 0 Å². The Kier molecular flexibility index (Phi) is 11.5. The van der Waals surface area contributed by atoms with Gasteiger partial charge >= 0.3 is 11.9 Å². The van der Waals surface area contributed by atoms with Crippen LogP contribution in [-0.2, 0) is 36.6 Å². The molecule has 0 spiro atoms. The molecule has 15 heteroatoms. The standard InChI is InChI=1S/C40H37FO14/c1-20-2-4-21(5-3-20)8-15-32(48)54-39-37(53-31(47)14-9-22-6-11-24(41)12-7-22)34(49)30(19-42)52-40(39)55-38-35(50)33-28(46)17-25(43)18-29(33)51-36(38)23-10-13-26(44)27(45)16-23/h2-7,10-13,16-18,30,34,37,39-40,42-46,49H,8-9,14-15,19H2,1H3/t30?,34-,37+,39?,40+/m1/s1. The number of ether oxygens (including phenoxy) is 4. The van der Waals surface area contributed by atoms with Crippen LogP contribution in [0.15, 0.2) is 88.1 Å². The molecule has 1 aromatic heterocycles. The van der Waals surface area contributed by atoms with Crippen LogP contribution in [0.5, 0.6) is 28.7 Å². The van der Waals surface area contributed by atoms with Crippen molar-refractivity contribution >= 4 is 22.9 Å². The summed E-state index contributed by atoms with van der Waals surface area (Å²) in [7, 11) is 0. The number of aryl methyl sites for hydroxylation is 3. The second-order valence-electron chi connectivity index (χ2n) is 13.0. The van der Waals surface area contributed by atoms with Crippen LogP contribution >= 0.6 is 0 Å². The van der Waals surface area contributed by atoms with Gasteiger partial charge in [0, 0.05) is 30.5 Å². The Morgan fingerprint density at radius 2 is 1.40 bits per heavy atom. The van der Waals surface area contributed by atoms with E-state index in [1.807, 2.05) is 31.2 Å². The SMILES string of the molecule is Cc1ccc(CCC(=O)OC2[C@H](Oc3c(-c4ccc(O)c(O)c4)oc4cc(O)cc(O)c4c3=O)OC(CO)[C@@H](O)[C@@H]2OC(=O)CCc2ccc(F)cc2)cc1. The molecule has 0 radical (unpaired) electrons. The molecule has 1 fully saturated rings. The number of carbonyl (C=O) groups is 2. The van der Waals surface area contributed by atoms with Crippen LogP contribution in [0.25, 0.3) is 22.3 Å². The van der Waals surface area contributed by atoms with Crippen LogP contribution in [-0.4, -0.2) is 79.9 Å². The molecule has 288 valence electrons. The van der Waals surface area contributed by atoms with Gasteiger partial charge in [-0.25, -0.2) is 4.39 Å². The molecule has 4 aromatic carbocycles. The Labute approximate surface area is 312 Å².